The van der Waals surface area contributed by atoms with E-state index in [-0.39, 0.29) is 0 Å². The monoisotopic (exact) mass is 589 g/mol. The predicted molar refractivity (Wildman–Crippen MR) is 189 cm³/mol. The molecule has 1 unspecified atom stereocenters. The molecule has 1 saturated carbocycles. The molecule has 0 saturated heterocycles. The fourth-order valence-corrected chi connectivity index (χ4v) is 8.88. The smallest absolute Gasteiger partial charge is 0.214 e. The maximum absolute atomic E-state index is 2.56. The number of aromatic nitrogens is 1. The first kappa shape index (κ1) is 27.2. The lowest BCUT2D eigenvalue weighted by atomic mass is 10.00. The lowest BCUT2D eigenvalue weighted by molar-refractivity contribution is -0.432. The van der Waals surface area contributed by atoms with Gasteiger partial charge in [-0.05, 0) is 67.8 Å². The molecule has 216 valence electrons. The molecule has 0 spiro atoms. The summed E-state index contributed by atoms with van der Waals surface area (Å²) in [6.07, 6.45) is 10.6. The van der Waals surface area contributed by atoms with Crippen molar-refractivity contribution in [2.75, 3.05) is 6.54 Å². The summed E-state index contributed by atoms with van der Waals surface area (Å²) in [6, 6.07) is 37.9. The molecule has 1 aliphatic heterocycles. The van der Waals surface area contributed by atoms with Gasteiger partial charge in [0.15, 0.2) is 5.71 Å². The second-order valence-corrected chi connectivity index (χ2v) is 13.1. The number of nitrogens with zero attached hydrogens (tertiary/aromatic N) is 2. The Morgan fingerprint density at radius 1 is 0.750 bits per heavy atom. The number of hydrogen-bond acceptors (Lipinski definition) is 1. The van der Waals surface area contributed by atoms with Crippen LogP contribution in [0, 0.1) is 0 Å². The number of benzene rings is 5. The molecule has 2 nitrogen and oxygen atoms in total. The zero-order chi connectivity index (χ0) is 29.6. The normalized spacial score (nSPS) is 18.8. The highest BCUT2D eigenvalue weighted by Gasteiger charge is 2.32. The summed E-state index contributed by atoms with van der Waals surface area (Å²) in [7, 11) is 0. The SMILES string of the molecule is CCn1c(=CC=C2CCC(=CCC3=[N+](CC)c4cccc5cccc3c45)C2Sc2ccccc2)c2cccc3cccc1c32. The van der Waals surface area contributed by atoms with Gasteiger partial charge in [0.1, 0.15) is 6.54 Å². The minimum atomic E-state index is 0.346. The molecule has 1 atom stereocenters. The van der Waals surface area contributed by atoms with Crippen LogP contribution in [-0.2, 0) is 6.54 Å². The molecule has 1 aromatic heterocycles. The van der Waals surface area contributed by atoms with Gasteiger partial charge < -0.3 is 4.57 Å². The third-order valence-corrected chi connectivity index (χ3v) is 11.0. The predicted octanol–water partition coefficient (Wildman–Crippen LogP) is 9.83. The molecule has 0 radical (unpaired) electrons. The Balaban J connectivity index is 1.20. The third-order valence-electron chi connectivity index (χ3n) is 9.57. The van der Waals surface area contributed by atoms with E-state index in [4.69, 9.17) is 0 Å². The van der Waals surface area contributed by atoms with Crippen molar-refractivity contribution in [3.8, 4) is 0 Å². The van der Waals surface area contributed by atoms with E-state index in [1.807, 2.05) is 11.8 Å². The number of rotatable bonds is 7. The van der Waals surface area contributed by atoms with Crippen LogP contribution in [0.5, 0.6) is 0 Å². The summed E-state index contributed by atoms with van der Waals surface area (Å²) >= 11 is 2.01. The standard InChI is InChI=1S/C41H37N2S/c1-3-42-35(33-18-8-12-28-14-10-20-37(42)39(28)33)26-24-30-22-23-31(41(30)44-32-16-6-5-7-17-32)25-27-36-34-19-9-13-29-15-11-21-38(40(29)34)43(36)4-2/h5-21,24-26,41H,3-4,22-23,27H2,1-2H3/q+1. The van der Waals surface area contributed by atoms with Crippen LogP contribution in [0.25, 0.3) is 38.5 Å². The molecule has 0 bridgehead atoms. The van der Waals surface area contributed by atoms with E-state index in [1.165, 1.54) is 65.2 Å². The summed E-state index contributed by atoms with van der Waals surface area (Å²) < 4.78 is 5.01. The Morgan fingerprint density at radius 2 is 1.48 bits per heavy atom. The van der Waals surface area contributed by atoms with E-state index >= 15 is 0 Å². The van der Waals surface area contributed by atoms with Crippen LogP contribution in [-0.4, -0.2) is 26.6 Å². The van der Waals surface area contributed by atoms with E-state index in [0.29, 0.717) is 5.25 Å². The van der Waals surface area contributed by atoms with Crippen molar-refractivity contribution in [2.45, 2.75) is 49.8 Å². The molecule has 2 heterocycles. The molecule has 3 heteroatoms. The minimum Gasteiger partial charge on any atom is -0.341 e. The summed E-state index contributed by atoms with van der Waals surface area (Å²) in [4.78, 5) is 1.33. The average molecular weight is 590 g/mol. The van der Waals surface area contributed by atoms with Crippen LogP contribution < -0.4 is 5.35 Å². The number of allylic oxidation sites excluding steroid dienone is 2. The Bertz CT molecular complexity index is 2190. The van der Waals surface area contributed by atoms with Gasteiger partial charge in [-0.3, -0.25) is 0 Å². The van der Waals surface area contributed by atoms with Crippen LogP contribution in [0.3, 0.4) is 0 Å². The van der Waals surface area contributed by atoms with Crippen LogP contribution in [0.15, 0.2) is 131 Å². The van der Waals surface area contributed by atoms with Crippen molar-refractivity contribution < 1.29 is 4.58 Å². The summed E-state index contributed by atoms with van der Waals surface area (Å²) in [6.45, 7) is 6.47. The number of thioether (sulfide) groups is 1. The first-order chi connectivity index (χ1) is 21.7. The summed E-state index contributed by atoms with van der Waals surface area (Å²) in [5.74, 6) is 0. The van der Waals surface area contributed by atoms with Crippen molar-refractivity contribution >= 4 is 61.7 Å². The van der Waals surface area contributed by atoms with Crippen molar-refractivity contribution in [1.29, 1.82) is 0 Å². The topological polar surface area (TPSA) is 7.94 Å². The zero-order valence-electron chi connectivity index (χ0n) is 25.5. The minimum absolute atomic E-state index is 0.346. The summed E-state index contributed by atoms with van der Waals surface area (Å²) in [5, 5.41) is 8.47. The van der Waals surface area contributed by atoms with Gasteiger partial charge in [0, 0.05) is 39.1 Å². The van der Waals surface area contributed by atoms with Gasteiger partial charge in [0.05, 0.1) is 22.6 Å². The molecule has 1 fully saturated rings. The first-order valence-electron chi connectivity index (χ1n) is 16.0. The molecule has 5 aromatic carbocycles. The highest BCUT2D eigenvalue weighted by Crippen LogP contribution is 2.43. The highest BCUT2D eigenvalue weighted by molar-refractivity contribution is 8.00. The largest absolute Gasteiger partial charge is 0.341 e. The van der Waals surface area contributed by atoms with Crippen molar-refractivity contribution in [1.82, 2.24) is 4.57 Å². The Kier molecular flexibility index (Phi) is 6.99. The van der Waals surface area contributed by atoms with Gasteiger partial charge in [-0.25, -0.2) is 0 Å². The molecular weight excluding hydrogens is 553 g/mol. The Hall–Kier alpha value is -4.34. The van der Waals surface area contributed by atoms with E-state index < -0.39 is 0 Å². The van der Waals surface area contributed by atoms with Crippen LogP contribution >= 0.6 is 11.8 Å². The Labute approximate surface area is 263 Å². The van der Waals surface area contributed by atoms with Gasteiger partial charge in [-0.15, -0.1) is 11.8 Å². The van der Waals surface area contributed by atoms with E-state index in [9.17, 15) is 0 Å². The summed E-state index contributed by atoms with van der Waals surface area (Å²) in [5.41, 5.74) is 8.60. The van der Waals surface area contributed by atoms with Crippen molar-refractivity contribution in [3.63, 3.8) is 0 Å². The van der Waals surface area contributed by atoms with Gasteiger partial charge in [-0.2, -0.15) is 4.58 Å². The van der Waals surface area contributed by atoms with Crippen molar-refractivity contribution in [2.24, 2.45) is 0 Å². The highest BCUT2D eigenvalue weighted by atomic mass is 32.2. The molecule has 2 aliphatic rings. The van der Waals surface area contributed by atoms with Crippen LogP contribution in [0.1, 0.15) is 38.7 Å². The maximum atomic E-state index is 2.56. The molecule has 0 amide bonds. The second kappa shape index (κ2) is 11.3. The molecule has 8 rings (SSSR count). The molecule has 0 N–H and O–H groups in total. The third kappa shape index (κ3) is 4.45. The van der Waals surface area contributed by atoms with Gasteiger partial charge >= 0.3 is 0 Å². The number of hydrogen-bond donors (Lipinski definition) is 0. The average Bonchev–Trinajstić information content (AvgIpc) is 3.70. The zero-order valence-corrected chi connectivity index (χ0v) is 26.3. The Morgan fingerprint density at radius 3 is 2.27 bits per heavy atom. The van der Waals surface area contributed by atoms with Crippen molar-refractivity contribution in [3.05, 3.63) is 137 Å². The van der Waals surface area contributed by atoms with Gasteiger partial charge in [-0.1, -0.05) is 96.1 Å². The molecule has 1 aliphatic carbocycles. The lowest BCUT2D eigenvalue weighted by Crippen LogP contribution is -2.15. The van der Waals surface area contributed by atoms with Gasteiger partial charge in [0.2, 0.25) is 5.69 Å². The van der Waals surface area contributed by atoms with E-state index in [1.54, 1.807) is 5.57 Å². The molecular formula is C41H37N2S+. The van der Waals surface area contributed by atoms with E-state index in [2.05, 4.69) is 144 Å². The fraction of sp³-hybridized carbons (Fsp3) is 0.195. The molecule has 44 heavy (non-hydrogen) atoms. The van der Waals surface area contributed by atoms with Crippen LogP contribution in [0.4, 0.5) is 5.69 Å². The molecule has 6 aromatic rings. The quantitative estimate of drug-likeness (QED) is 0.133. The fourth-order valence-electron chi connectivity index (χ4n) is 7.58. The second-order valence-electron chi connectivity index (χ2n) is 11.9. The first-order valence-corrected chi connectivity index (χ1v) is 16.9. The number of aryl methyl sites for hydroxylation is 1. The lowest BCUT2D eigenvalue weighted by Gasteiger charge is -2.14. The van der Waals surface area contributed by atoms with E-state index in [0.717, 1.165) is 32.4 Å². The van der Waals surface area contributed by atoms with Crippen LogP contribution in [0.2, 0.25) is 0 Å². The maximum Gasteiger partial charge on any atom is 0.214 e. The van der Waals surface area contributed by atoms with Gasteiger partial charge in [0.25, 0.3) is 0 Å².